The van der Waals surface area contributed by atoms with Gasteiger partial charge in [0.15, 0.2) is 0 Å². The second-order valence-electron chi connectivity index (χ2n) is 14.9. The molecule has 10 aromatic carbocycles. The lowest BCUT2D eigenvalue weighted by atomic mass is 9.90. The van der Waals surface area contributed by atoms with Crippen LogP contribution in [-0.4, -0.2) is 4.57 Å². The SMILES string of the molecule is c1ccc(-c2cccc3cccc(-c4ccccc4N(c4cccc(-c5cccc6ccccc56)c4)c4cccc5c4c4ccccc4n5-c4ccccc4)c23)cc1. The molecule has 0 fully saturated rings. The van der Waals surface area contributed by atoms with E-state index in [1.54, 1.807) is 0 Å². The van der Waals surface area contributed by atoms with Crippen LogP contribution < -0.4 is 4.90 Å². The van der Waals surface area contributed by atoms with Crippen LogP contribution in [0.25, 0.3) is 82.4 Å². The number of hydrogen-bond donors (Lipinski definition) is 0. The highest BCUT2D eigenvalue weighted by Gasteiger charge is 2.24. The van der Waals surface area contributed by atoms with Gasteiger partial charge in [0.05, 0.1) is 22.4 Å². The minimum atomic E-state index is 1.09. The average molecular weight is 739 g/mol. The Morgan fingerprint density at radius 1 is 0.310 bits per heavy atom. The fourth-order valence-corrected chi connectivity index (χ4v) is 9.06. The van der Waals surface area contributed by atoms with E-state index < -0.39 is 0 Å². The molecule has 1 aromatic heterocycles. The van der Waals surface area contributed by atoms with Crippen molar-refractivity contribution in [2.75, 3.05) is 4.90 Å². The summed E-state index contributed by atoms with van der Waals surface area (Å²) in [6.07, 6.45) is 0. The summed E-state index contributed by atoms with van der Waals surface area (Å²) in [5, 5.41) is 7.34. The summed E-state index contributed by atoms with van der Waals surface area (Å²) in [6.45, 7) is 0. The van der Waals surface area contributed by atoms with E-state index in [2.05, 4.69) is 240 Å². The lowest BCUT2D eigenvalue weighted by Crippen LogP contribution is -2.12. The van der Waals surface area contributed by atoms with Gasteiger partial charge in [-0.25, -0.2) is 0 Å². The van der Waals surface area contributed by atoms with Crippen LogP contribution in [0.1, 0.15) is 0 Å². The summed E-state index contributed by atoms with van der Waals surface area (Å²) >= 11 is 0. The van der Waals surface area contributed by atoms with Gasteiger partial charge in [-0.3, -0.25) is 0 Å². The van der Waals surface area contributed by atoms with Gasteiger partial charge in [-0.2, -0.15) is 0 Å². The maximum Gasteiger partial charge on any atom is 0.0562 e. The normalized spacial score (nSPS) is 11.4. The molecule has 0 N–H and O–H groups in total. The van der Waals surface area contributed by atoms with Gasteiger partial charge in [-0.1, -0.05) is 182 Å². The number of anilines is 3. The largest absolute Gasteiger partial charge is 0.309 e. The van der Waals surface area contributed by atoms with Gasteiger partial charge in [-0.05, 0) is 97.9 Å². The Kier molecular flexibility index (Phi) is 8.19. The number of benzene rings is 10. The zero-order chi connectivity index (χ0) is 38.4. The molecule has 0 bridgehead atoms. The van der Waals surface area contributed by atoms with Gasteiger partial charge in [0.2, 0.25) is 0 Å². The Balaban J connectivity index is 1.22. The molecule has 0 aliphatic carbocycles. The fraction of sp³-hybridized carbons (Fsp3) is 0. The number of aromatic nitrogens is 1. The van der Waals surface area contributed by atoms with Crippen LogP contribution in [-0.2, 0) is 0 Å². The molecule has 0 aliphatic rings. The van der Waals surface area contributed by atoms with Crippen molar-refractivity contribution in [2.45, 2.75) is 0 Å². The highest BCUT2D eigenvalue weighted by molar-refractivity contribution is 6.17. The third kappa shape index (κ3) is 5.57. The number of hydrogen-bond acceptors (Lipinski definition) is 1. The van der Waals surface area contributed by atoms with E-state index in [0.717, 1.165) is 33.8 Å². The van der Waals surface area contributed by atoms with Crippen molar-refractivity contribution in [1.82, 2.24) is 4.57 Å². The first-order chi connectivity index (χ1) is 28.8. The van der Waals surface area contributed by atoms with Crippen molar-refractivity contribution in [1.29, 1.82) is 0 Å². The maximum atomic E-state index is 2.50. The van der Waals surface area contributed by atoms with E-state index in [-0.39, 0.29) is 0 Å². The van der Waals surface area contributed by atoms with Crippen molar-refractivity contribution in [3.05, 3.63) is 231 Å². The Morgan fingerprint density at radius 3 is 1.71 bits per heavy atom. The third-order valence-electron chi connectivity index (χ3n) is 11.6. The zero-order valence-corrected chi connectivity index (χ0v) is 31.8. The van der Waals surface area contributed by atoms with Crippen LogP contribution in [0.15, 0.2) is 231 Å². The molecule has 58 heavy (non-hydrogen) atoms. The van der Waals surface area contributed by atoms with Crippen molar-refractivity contribution in [3.63, 3.8) is 0 Å². The Morgan fingerprint density at radius 2 is 0.862 bits per heavy atom. The Labute approximate surface area is 338 Å². The summed E-state index contributed by atoms with van der Waals surface area (Å²) < 4.78 is 2.40. The molecule has 2 heteroatoms. The number of nitrogens with zero attached hydrogens (tertiary/aromatic N) is 2. The fourth-order valence-electron chi connectivity index (χ4n) is 9.06. The molecule has 0 atom stereocenters. The molecule has 0 saturated heterocycles. The van der Waals surface area contributed by atoms with Crippen molar-refractivity contribution in [3.8, 4) is 39.1 Å². The predicted molar refractivity (Wildman–Crippen MR) is 247 cm³/mol. The van der Waals surface area contributed by atoms with Crippen LogP contribution in [0, 0.1) is 0 Å². The van der Waals surface area contributed by atoms with E-state index in [0.29, 0.717) is 0 Å². The van der Waals surface area contributed by atoms with Crippen molar-refractivity contribution < 1.29 is 0 Å². The summed E-state index contributed by atoms with van der Waals surface area (Å²) in [4.78, 5) is 2.50. The highest BCUT2D eigenvalue weighted by atomic mass is 15.2. The summed E-state index contributed by atoms with van der Waals surface area (Å²) in [5.74, 6) is 0. The van der Waals surface area contributed by atoms with Gasteiger partial charge < -0.3 is 9.47 Å². The minimum Gasteiger partial charge on any atom is -0.309 e. The topological polar surface area (TPSA) is 8.17 Å². The van der Waals surface area contributed by atoms with Crippen LogP contribution in [0.4, 0.5) is 17.1 Å². The minimum absolute atomic E-state index is 1.09. The van der Waals surface area contributed by atoms with Crippen LogP contribution >= 0.6 is 0 Å². The molecule has 1 heterocycles. The molecular formula is C56H38N2. The second-order valence-corrected chi connectivity index (χ2v) is 14.9. The first-order valence-corrected chi connectivity index (χ1v) is 19.9. The lowest BCUT2D eigenvalue weighted by molar-refractivity contribution is 1.18. The maximum absolute atomic E-state index is 2.50. The van der Waals surface area contributed by atoms with E-state index in [9.17, 15) is 0 Å². The molecule has 0 aliphatic heterocycles. The monoisotopic (exact) mass is 738 g/mol. The summed E-state index contributed by atoms with van der Waals surface area (Å²) in [7, 11) is 0. The first-order valence-electron chi connectivity index (χ1n) is 19.9. The molecule has 11 rings (SSSR count). The van der Waals surface area contributed by atoms with Gasteiger partial charge in [0, 0.05) is 27.7 Å². The molecule has 11 aromatic rings. The number of rotatable bonds is 7. The second kappa shape index (κ2) is 14.1. The molecule has 0 unspecified atom stereocenters. The Bertz CT molecular complexity index is 3280. The summed E-state index contributed by atoms with van der Waals surface area (Å²) in [6, 6.07) is 83.8. The molecule has 272 valence electrons. The van der Waals surface area contributed by atoms with Gasteiger partial charge >= 0.3 is 0 Å². The number of fused-ring (bicyclic) bond motifs is 5. The van der Waals surface area contributed by atoms with E-state index in [1.165, 1.54) is 65.7 Å². The molecule has 0 saturated carbocycles. The predicted octanol–water partition coefficient (Wildman–Crippen LogP) is 15.6. The van der Waals surface area contributed by atoms with Crippen molar-refractivity contribution in [2.24, 2.45) is 0 Å². The molecule has 0 amide bonds. The van der Waals surface area contributed by atoms with Crippen LogP contribution in [0.3, 0.4) is 0 Å². The zero-order valence-electron chi connectivity index (χ0n) is 31.8. The first kappa shape index (κ1) is 33.6. The molecule has 0 radical (unpaired) electrons. The van der Waals surface area contributed by atoms with E-state index in [4.69, 9.17) is 0 Å². The van der Waals surface area contributed by atoms with Gasteiger partial charge in [-0.15, -0.1) is 0 Å². The molecule has 2 nitrogen and oxygen atoms in total. The van der Waals surface area contributed by atoms with Crippen LogP contribution in [0.5, 0.6) is 0 Å². The highest BCUT2D eigenvalue weighted by Crippen LogP contribution is 2.49. The molecule has 0 spiro atoms. The van der Waals surface area contributed by atoms with E-state index in [1.807, 2.05) is 0 Å². The molecular weight excluding hydrogens is 701 g/mol. The third-order valence-corrected chi connectivity index (χ3v) is 11.6. The van der Waals surface area contributed by atoms with E-state index >= 15 is 0 Å². The smallest absolute Gasteiger partial charge is 0.0562 e. The lowest BCUT2D eigenvalue weighted by Gasteiger charge is -2.29. The summed E-state index contributed by atoms with van der Waals surface area (Å²) in [5.41, 5.74) is 14.0. The standard InChI is InChI=1S/C56H38N2/c1-3-18-40(19-4-1)47-32-15-22-41-23-16-33-49(55(41)47)48-29-9-11-34-51(48)58(44-27-13-24-42(38-44)46-31-14-21-39-20-7-8-28-45(39)46)54-37-17-36-53-56(54)50-30-10-12-35-52(50)57(53)43-25-5-2-6-26-43/h1-38H. The van der Waals surface area contributed by atoms with Gasteiger partial charge in [0.1, 0.15) is 0 Å². The number of para-hydroxylation sites is 3. The van der Waals surface area contributed by atoms with Gasteiger partial charge in [0.25, 0.3) is 0 Å². The average Bonchev–Trinajstić information content (AvgIpc) is 3.64. The quantitative estimate of drug-likeness (QED) is 0.158. The Hall–Kier alpha value is -7.68. The van der Waals surface area contributed by atoms with Crippen molar-refractivity contribution >= 4 is 60.4 Å². The van der Waals surface area contributed by atoms with Crippen LogP contribution in [0.2, 0.25) is 0 Å².